The molecule has 0 saturated heterocycles. The van der Waals surface area contributed by atoms with Crippen LogP contribution in [0.4, 0.5) is 0 Å². The minimum absolute atomic E-state index is 0.561. The van der Waals surface area contributed by atoms with Crippen molar-refractivity contribution in [1.82, 2.24) is 15.0 Å². The molecule has 0 fully saturated rings. The predicted octanol–water partition coefficient (Wildman–Crippen LogP) is 16.1. The molecule has 4 heteroatoms. The number of rotatable bonds is 8. The van der Waals surface area contributed by atoms with Crippen molar-refractivity contribution in [2.45, 2.75) is 5.41 Å². The molecule has 2 aromatic heterocycles. The highest BCUT2D eigenvalue weighted by Crippen LogP contribution is 2.56. The van der Waals surface area contributed by atoms with E-state index in [2.05, 4.69) is 224 Å². The summed E-state index contributed by atoms with van der Waals surface area (Å²) in [5, 5.41) is 2.24. The third-order valence-electron chi connectivity index (χ3n) is 13.6. The minimum Gasteiger partial charge on any atom is -0.456 e. The van der Waals surface area contributed by atoms with Gasteiger partial charge in [-0.15, -0.1) is 0 Å². The Morgan fingerprint density at radius 2 is 0.676 bits per heavy atom. The summed E-state index contributed by atoms with van der Waals surface area (Å²) in [7, 11) is 0. The van der Waals surface area contributed by atoms with Crippen LogP contribution in [-0.4, -0.2) is 15.0 Å². The summed E-state index contributed by atoms with van der Waals surface area (Å²) in [6, 6.07) is 88.3. The fraction of sp³-hybridized carbons (Fsp3) is 0.0156. The van der Waals surface area contributed by atoms with Crippen LogP contribution in [-0.2, 0) is 5.41 Å². The van der Waals surface area contributed by atoms with Crippen LogP contribution in [0.25, 0.3) is 101 Å². The second-order valence-corrected chi connectivity index (χ2v) is 17.5. The molecule has 1 aliphatic rings. The van der Waals surface area contributed by atoms with Crippen LogP contribution < -0.4 is 0 Å². The van der Waals surface area contributed by atoms with Crippen molar-refractivity contribution >= 4 is 21.9 Å². The molecule has 0 unspecified atom stereocenters. The second kappa shape index (κ2) is 16.2. The zero-order valence-corrected chi connectivity index (χ0v) is 36.9. The summed E-state index contributed by atoms with van der Waals surface area (Å²) >= 11 is 0. The molecule has 1 aliphatic carbocycles. The summed E-state index contributed by atoms with van der Waals surface area (Å²) in [6.07, 6.45) is 0. The summed E-state index contributed by atoms with van der Waals surface area (Å²) in [5.74, 6) is 1.85. The van der Waals surface area contributed by atoms with Crippen LogP contribution in [0.15, 0.2) is 253 Å². The molecule has 0 saturated carbocycles. The van der Waals surface area contributed by atoms with E-state index >= 15 is 0 Å². The van der Waals surface area contributed by atoms with Crippen molar-refractivity contribution in [2.75, 3.05) is 0 Å². The zero-order valence-electron chi connectivity index (χ0n) is 36.9. The first-order chi connectivity index (χ1) is 33.7. The maximum atomic E-state index is 6.34. The van der Waals surface area contributed by atoms with Crippen LogP contribution in [0.5, 0.6) is 0 Å². The Bertz CT molecular complexity index is 3790. The topological polar surface area (TPSA) is 51.8 Å². The standard InChI is InChI=1S/C64H41N3O/c1-3-15-42(16-4-1)44-29-31-46(32-30-44)61-65-62(49-21-13-19-47(39-49)43-17-5-2-6-18-43)67-63(66-61)50-22-14-20-48(40-50)45-33-35-51(36-34-45)64(57-26-10-7-23-53(57)54-24-8-11-27-58(54)64)52-37-38-60-56(41-52)55-25-9-12-28-59(55)68-60/h1-41H. The van der Waals surface area contributed by atoms with Crippen molar-refractivity contribution in [3.63, 3.8) is 0 Å². The maximum Gasteiger partial charge on any atom is 0.164 e. The molecule has 0 N–H and O–H groups in total. The molecule has 13 rings (SSSR count). The largest absolute Gasteiger partial charge is 0.456 e. The predicted molar refractivity (Wildman–Crippen MR) is 277 cm³/mol. The first-order valence-corrected chi connectivity index (χ1v) is 23.1. The molecule has 0 radical (unpaired) electrons. The number of furan rings is 1. The van der Waals surface area contributed by atoms with Gasteiger partial charge in [-0.3, -0.25) is 0 Å². The Labute approximate surface area is 394 Å². The lowest BCUT2D eigenvalue weighted by atomic mass is 9.67. The molecular weight excluding hydrogens is 827 g/mol. The second-order valence-electron chi connectivity index (χ2n) is 17.5. The Morgan fingerprint density at radius 1 is 0.265 bits per heavy atom. The van der Waals surface area contributed by atoms with Gasteiger partial charge < -0.3 is 4.42 Å². The van der Waals surface area contributed by atoms with E-state index in [4.69, 9.17) is 19.4 Å². The molecule has 2 heterocycles. The van der Waals surface area contributed by atoms with Crippen LogP contribution in [0.1, 0.15) is 22.3 Å². The molecule has 0 amide bonds. The van der Waals surface area contributed by atoms with Crippen molar-refractivity contribution < 1.29 is 4.42 Å². The van der Waals surface area contributed by atoms with E-state index in [9.17, 15) is 0 Å². The summed E-state index contributed by atoms with van der Waals surface area (Å²) in [4.78, 5) is 15.5. The van der Waals surface area contributed by atoms with Gasteiger partial charge >= 0.3 is 0 Å². The third-order valence-corrected chi connectivity index (χ3v) is 13.6. The number of aromatic nitrogens is 3. The lowest BCUT2D eigenvalue weighted by Gasteiger charge is -2.34. The van der Waals surface area contributed by atoms with Gasteiger partial charge in [-0.25, -0.2) is 15.0 Å². The van der Waals surface area contributed by atoms with Gasteiger partial charge in [-0.05, 0) is 97.1 Å². The highest BCUT2D eigenvalue weighted by molar-refractivity contribution is 6.05. The molecule has 4 nitrogen and oxygen atoms in total. The molecule has 0 bridgehead atoms. The first kappa shape index (κ1) is 39.4. The van der Waals surface area contributed by atoms with Gasteiger partial charge in [-0.2, -0.15) is 0 Å². The SMILES string of the molecule is c1ccc(-c2ccc(-c3nc(-c4cccc(-c5ccccc5)c4)nc(-c4cccc(-c5ccc(C6(c7ccc8oc9ccccc9c8c7)c7ccccc7-c7ccccc76)cc5)c4)n3)cc2)cc1. The minimum atomic E-state index is -0.561. The van der Waals surface area contributed by atoms with E-state index in [1.54, 1.807) is 0 Å². The third kappa shape index (κ3) is 6.57. The number of hydrogen-bond donors (Lipinski definition) is 0. The van der Waals surface area contributed by atoms with Crippen LogP contribution in [0.3, 0.4) is 0 Å². The molecule has 10 aromatic carbocycles. The van der Waals surface area contributed by atoms with E-state index in [1.807, 2.05) is 24.3 Å². The van der Waals surface area contributed by atoms with Crippen LogP contribution in [0, 0.1) is 0 Å². The molecule has 0 spiro atoms. The Hall–Kier alpha value is -8.99. The normalized spacial score (nSPS) is 12.5. The lowest BCUT2D eigenvalue weighted by molar-refractivity contribution is 0.668. The molecule has 0 atom stereocenters. The van der Waals surface area contributed by atoms with E-state index in [-0.39, 0.29) is 0 Å². The number of para-hydroxylation sites is 1. The average Bonchev–Trinajstić information content (AvgIpc) is 3.95. The van der Waals surface area contributed by atoms with E-state index in [1.165, 1.54) is 33.4 Å². The quantitative estimate of drug-likeness (QED) is 0.153. The van der Waals surface area contributed by atoms with Gasteiger partial charge in [0.05, 0.1) is 5.41 Å². The molecule has 318 valence electrons. The van der Waals surface area contributed by atoms with Gasteiger partial charge in [0.25, 0.3) is 0 Å². The fourth-order valence-electron chi connectivity index (χ4n) is 10.4. The molecule has 12 aromatic rings. The summed E-state index contributed by atoms with van der Waals surface area (Å²) < 4.78 is 6.34. The van der Waals surface area contributed by atoms with Crippen LogP contribution in [0.2, 0.25) is 0 Å². The van der Waals surface area contributed by atoms with E-state index in [0.29, 0.717) is 17.5 Å². The Balaban J connectivity index is 0.921. The highest BCUT2D eigenvalue weighted by atomic mass is 16.3. The summed E-state index contributed by atoms with van der Waals surface area (Å²) in [5.41, 5.74) is 18.1. The maximum absolute atomic E-state index is 6.34. The van der Waals surface area contributed by atoms with E-state index in [0.717, 1.165) is 72.0 Å². The lowest BCUT2D eigenvalue weighted by Crippen LogP contribution is -2.28. The molecular formula is C64H41N3O. The molecule has 0 aliphatic heterocycles. The average molecular weight is 868 g/mol. The van der Waals surface area contributed by atoms with Crippen molar-refractivity contribution in [3.05, 3.63) is 271 Å². The summed E-state index contributed by atoms with van der Waals surface area (Å²) in [6.45, 7) is 0. The Morgan fingerprint density at radius 3 is 1.29 bits per heavy atom. The fourth-order valence-corrected chi connectivity index (χ4v) is 10.4. The van der Waals surface area contributed by atoms with Crippen molar-refractivity contribution in [3.8, 4) is 78.7 Å². The van der Waals surface area contributed by atoms with Crippen LogP contribution >= 0.6 is 0 Å². The van der Waals surface area contributed by atoms with Crippen molar-refractivity contribution in [1.29, 1.82) is 0 Å². The number of fused-ring (bicyclic) bond motifs is 6. The number of hydrogen-bond acceptors (Lipinski definition) is 4. The zero-order chi connectivity index (χ0) is 45.0. The van der Waals surface area contributed by atoms with Gasteiger partial charge in [0.15, 0.2) is 17.5 Å². The number of nitrogens with zero attached hydrogens (tertiary/aromatic N) is 3. The van der Waals surface area contributed by atoms with Gasteiger partial charge in [0.1, 0.15) is 11.2 Å². The van der Waals surface area contributed by atoms with E-state index < -0.39 is 5.41 Å². The monoisotopic (exact) mass is 867 g/mol. The smallest absolute Gasteiger partial charge is 0.164 e. The Kier molecular flexibility index (Phi) is 9.36. The highest BCUT2D eigenvalue weighted by Gasteiger charge is 2.46. The first-order valence-electron chi connectivity index (χ1n) is 23.1. The van der Waals surface area contributed by atoms with Gasteiger partial charge in [0.2, 0.25) is 0 Å². The van der Waals surface area contributed by atoms with Crippen molar-refractivity contribution in [2.24, 2.45) is 0 Å². The van der Waals surface area contributed by atoms with Gasteiger partial charge in [0, 0.05) is 27.5 Å². The number of benzene rings is 10. The molecule has 68 heavy (non-hydrogen) atoms. The van der Waals surface area contributed by atoms with Gasteiger partial charge in [-0.1, -0.05) is 218 Å².